The molecule has 0 N–H and O–H groups in total. The molecule has 0 aliphatic carbocycles. The molecule has 0 saturated heterocycles. The van der Waals surface area contributed by atoms with E-state index < -0.39 is 5.91 Å². The van der Waals surface area contributed by atoms with Gasteiger partial charge in [-0.1, -0.05) is 11.6 Å². The van der Waals surface area contributed by atoms with E-state index in [1.807, 2.05) is 0 Å². The quantitative estimate of drug-likeness (QED) is 0.541. The lowest BCUT2D eigenvalue weighted by Gasteiger charge is -2.09. The first-order chi connectivity index (χ1) is 6.15. The van der Waals surface area contributed by atoms with Gasteiger partial charge in [0.05, 0.1) is 11.0 Å². The maximum atomic E-state index is 10.9. The predicted molar refractivity (Wildman–Crippen MR) is 50.4 cm³/mol. The molecule has 0 atom stereocenters. The van der Waals surface area contributed by atoms with Crippen molar-refractivity contribution in [2.24, 2.45) is 5.29 Å². The summed E-state index contributed by atoms with van der Waals surface area (Å²) in [5.41, 5.74) is 0.409. The van der Waals surface area contributed by atoms with Crippen LogP contribution in [-0.4, -0.2) is 5.91 Å². The molecule has 0 saturated carbocycles. The van der Waals surface area contributed by atoms with Gasteiger partial charge in [0.2, 0.25) is 5.91 Å². The van der Waals surface area contributed by atoms with Gasteiger partial charge in [0, 0.05) is 11.9 Å². The monoisotopic (exact) mass is 198 g/mol. The molecule has 0 aliphatic rings. The number of halogens is 1. The summed E-state index contributed by atoms with van der Waals surface area (Å²) in [6, 6.07) is 6.26. The van der Waals surface area contributed by atoms with Gasteiger partial charge in [-0.25, -0.2) is 0 Å². The van der Waals surface area contributed by atoms with E-state index in [-0.39, 0.29) is 0 Å². The van der Waals surface area contributed by atoms with Crippen molar-refractivity contribution in [3.05, 3.63) is 34.2 Å². The minimum atomic E-state index is -0.433. The van der Waals surface area contributed by atoms with Gasteiger partial charge in [0.25, 0.3) is 0 Å². The molecule has 4 nitrogen and oxygen atoms in total. The van der Waals surface area contributed by atoms with Crippen molar-refractivity contribution in [3.63, 3.8) is 0 Å². The van der Waals surface area contributed by atoms with Crippen LogP contribution in [0.5, 0.6) is 0 Å². The Labute approximate surface area is 80.1 Å². The van der Waals surface area contributed by atoms with Gasteiger partial charge in [0.15, 0.2) is 0 Å². The highest BCUT2D eigenvalue weighted by molar-refractivity contribution is 6.30. The number of carbonyl (C=O) groups excluding carboxylic acids is 1. The van der Waals surface area contributed by atoms with Crippen molar-refractivity contribution in [2.75, 3.05) is 5.01 Å². The Morgan fingerprint density at radius 2 is 1.92 bits per heavy atom. The van der Waals surface area contributed by atoms with Crippen LogP contribution in [0.25, 0.3) is 0 Å². The molecule has 0 bridgehead atoms. The topological polar surface area (TPSA) is 49.7 Å². The second-order valence-electron chi connectivity index (χ2n) is 2.39. The van der Waals surface area contributed by atoms with E-state index in [1.165, 1.54) is 6.92 Å². The number of nitroso groups, excluding NO2 is 1. The van der Waals surface area contributed by atoms with Crippen molar-refractivity contribution in [1.29, 1.82) is 0 Å². The number of carbonyl (C=O) groups is 1. The molecule has 0 fully saturated rings. The highest BCUT2D eigenvalue weighted by atomic mass is 35.5. The molecule has 0 spiro atoms. The zero-order valence-corrected chi connectivity index (χ0v) is 7.65. The summed E-state index contributed by atoms with van der Waals surface area (Å²) in [5.74, 6) is -0.433. The lowest BCUT2D eigenvalue weighted by Crippen LogP contribution is -2.20. The zero-order chi connectivity index (χ0) is 9.84. The van der Waals surface area contributed by atoms with Crippen LogP contribution in [0.4, 0.5) is 5.69 Å². The molecule has 1 aromatic carbocycles. The number of amides is 1. The Morgan fingerprint density at radius 1 is 1.38 bits per heavy atom. The molecule has 1 rings (SSSR count). The SMILES string of the molecule is CC(=O)N(N=O)c1ccc(Cl)cc1. The van der Waals surface area contributed by atoms with Crippen LogP contribution in [-0.2, 0) is 4.79 Å². The highest BCUT2D eigenvalue weighted by Crippen LogP contribution is 2.18. The smallest absolute Gasteiger partial charge is 0.246 e. The Morgan fingerprint density at radius 3 is 2.31 bits per heavy atom. The van der Waals surface area contributed by atoms with Crippen LogP contribution in [0.15, 0.2) is 29.6 Å². The van der Waals surface area contributed by atoms with E-state index in [4.69, 9.17) is 11.6 Å². The minimum absolute atomic E-state index is 0.409. The van der Waals surface area contributed by atoms with Gasteiger partial charge < -0.3 is 0 Å². The molecule has 13 heavy (non-hydrogen) atoms. The summed E-state index contributed by atoms with van der Waals surface area (Å²) < 4.78 is 0. The number of anilines is 1. The molecule has 68 valence electrons. The van der Waals surface area contributed by atoms with Crippen LogP contribution >= 0.6 is 11.6 Å². The Kier molecular flexibility index (Phi) is 2.97. The van der Waals surface area contributed by atoms with Crippen molar-refractivity contribution in [2.45, 2.75) is 6.92 Å². The summed E-state index contributed by atoms with van der Waals surface area (Å²) in [4.78, 5) is 21.1. The fourth-order valence-corrected chi connectivity index (χ4v) is 0.995. The standard InChI is InChI=1S/C8H7ClN2O2/c1-6(12)11(10-13)8-4-2-7(9)3-5-8/h2-5H,1H3. The average molecular weight is 199 g/mol. The van der Waals surface area contributed by atoms with Crippen LogP contribution < -0.4 is 5.01 Å². The molecule has 5 heteroatoms. The van der Waals surface area contributed by atoms with E-state index >= 15 is 0 Å². The Bertz CT molecular complexity index is 323. The fourth-order valence-electron chi connectivity index (χ4n) is 0.869. The minimum Gasteiger partial charge on any atom is -0.273 e. The number of benzene rings is 1. The predicted octanol–water partition coefficient (Wildman–Crippen LogP) is 2.37. The molecule has 0 heterocycles. The van der Waals surface area contributed by atoms with E-state index in [0.717, 1.165) is 5.01 Å². The molecular weight excluding hydrogens is 192 g/mol. The summed E-state index contributed by atoms with van der Waals surface area (Å²) in [5, 5.41) is 3.88. The van der Waals surface area contributed by atoms with Gasteiger partial charge in [-0.05, 0) is 24.3 Å². The molecule has 0 aliphatic heterocycles. The molecule has 0 radical (unpaired) electrons. The zero-order valence-electron chi connectivity index (χ0n) is 6.90. The number of hydrogen-bond donors (Lipinski definition) is 0. The van der Waals surface area contributed by atoms with Gasteiger partial charge >= 0.3 is 0 Å². The molecule has 1 aromatic rings. The highest BCUT2D eigenvalue weighted by Gasteiger charge is 2.10. The van der Waals surface area contributed by atoms with Gasteiger partial charge in [0.1, 0.15) is 0 Å². The van der Waals surface area contributed by atoms with Crippen LogP contribution in [0.1, 0.15) is 6.92 Å². The maximum Gasteiger partial charge on any atom is 0.246 e. The summed E-state index contributed by atoms with van der Waals surface area (Å²) in [6.07, 6.45) is 0. The van der Waals surface area contributed by atoms with E-state index in [1.54, 1.807) is 24.3 Å². The molecule has 0 aromatic heterocycles. The second kappa shape index (κ2) is 4.00. The summed E-state index contributed by atoms with van der Waals surface area (Å²) >= 11 is 5.63. The Balaban J connectivity index is 2.99. The number of rotatable bonds is 2. The summed E-state index contributed by atoms with van der Waals surface area (Å²) in [7, 11) is 0. The van der Waals surface area contributed by atoms with Crippen molar-refractivity contribution < 1.29 is 4.79 Å². The first-order valence-electron chi connectivity index (χ1n) is 3.54. The third-order valence-electron chi connectivity index (χ3n) is 1.45. The van der Waals surface area contributed by atoms with Crippen LogP contribution in [0.2, 0.25) is 5.02 Å². The van der Waals surface area contributed by atoms with Crippen LogP contribution in [0, 0.1) is 4.91 Å². The second-order valence-corrected chi connectivity index (χ2v) is 2.83. The van der Waals surface area contributed by atoms with E-state index in [9.17, 15) is 9.70 Å². The Hall–Kier alpha value is -1.42. The largest absolute Gasteiger partial charge is 0.273 e. The maximum absolute atomic E-state index is 10.9. The van der Waals surface area contributed by atoms with Gasteiger partial charge in [-0.3, -0.25) is 4.79 Å². The van der Waals surface area contributed by atoms with E-state index in [0.29, 0.717) is 10.7 Å². The normalized spacial score (nSPS) is 9.38. The number of hydrogen-bond acceptors (Lipinski definition) is 3. The molecule has 1 amide bonds. The van der Waals surface area contributed by atoms with Crippen molar-refractivity contribution >= 4 is 23.2 Å². The van der Waals surface area contributed by atoms with Crippen LogP contribution in [0.3, 0.4) is 0 Å². The lowest BCUT2D eigenvalue weighted by atomic mass is 10.3. The third kappa shape index (κ3) is 2.26. The first-order valence-corrected chi connectivity index (χ1v) is 3.92. The molecular formula is C8H7ClN2O2. The van der Waals surface area contributed by atoms with Crippen molar-refractivity contribution in [3.8, 4) is 0 Å². The first kappa shape index (κ1) is 9.67. The average Bonchev–Trinajstić information content (AvgIpc) is 2.09. The van der Waals surface area contributed by atoms with E-state index in [2.05, 4.69) is 5.29 Å². The van der Waals surface area contributed by atoms with Crippen molar-refractivity contribution in [1.82, 2.24) is 0 Å². The van der Waals surface area contributed by atoms with Gasteiger partial charge in [-0.15, -0.1) is 4.91 Å². The molecule has 0 unspecified atom stereocenters. The van der Waals surface area contributed by atoms with Gasteiger partial charge in [-0.2, -0.15) is 5.01 Å². The number of nitrogens with zero attached hydrogens (tertiary/aromatic N) is 2. The fraction of sp³-hybridized carbons (Fsp3) is 0.125. The third-order valence-corrected chi connectivity index (χ3v) is 1.70. The lowest BCUT2D eigenvalue weighted by molar-refractivity contribution is -0.116. The summed E-state index contributed by atoms with van der Waals surface area (Å²) in [6.45, 7) is 1.26.